The molecule has 3 N–H and O–H groups in total. The van der Waals surface area contributed by atoms with Gasteiger partial charge in [-0.1, -0.05) is 41.6 Å². The van der Waals surface area contributed by atoms with E-state index in [0.29, 0.717) is 23.3 Å². The first-order chi connectivity index (χ1) is 16.3. The third-order valence-electron chi connectivity index (χ3n) is 5.70. The highest BCUT2D eigenvalue weighted by atomic mass is 16.4. The number of oxime groups is 1. The van der Waals surface area contributed by atoms with Crippen LogP contribution in [-0.4, -0.2) is 39.0 Å². The molecule has 176 valence electrons. The number of carbonyl (C=O) groups is 2. The molecule has 1 unspecified atom stereocenters. The van der Waals surface area contributed by atoms with Crippen LogP contribution in [-0.2, 0) is 11.8 Å². The maximum atomic E-state index is 12.3. The minimum absolute atomic E-state index is 0.0532. The molecule has 0 spiro atoms. The molecule has 8 heteroatoms. The lowest BCUT2D eigenvalue weighted by Gasteiger charge is -2.21. The van der Waals surface area contributed by atoms with Crippen molar-refractivity contribution in [3.05, 3.63) is 105 Å². The molecule has 0 aliphatic rings. The normalized spacial score (nSPS) is 12.2. The molecule has 1 aromatic heterocycles. The Morgan fingerprint density at radius 2 is 1.71 bits per heavy atom. The average Bonchev–Trinajstić information content (AvgIpc) is 2.82. The second-order valence-corrected chi connectivity index (χ2v) is 8.05. The van der Waals surface area contributed by atoms with Gasteiger partial charge in [-0.15, -0.1) is 0 Å². The maximum absolute atomic E-state index is 12.3. The van der Waals surface area contributed by atoms with Gasteiger partial charge in [-0.25, -0.2) is 0 Å². The molecule has 0 bridgehead atoms. The number of aromatic nitrogens is 1. The third-order valence-corrected chi connectivity index (χ3v) is 5.70. The van der Waals surface area contributed by atoms with Crippen molar-refractivity contribution < 1.29 is 19.9 Å². The number of hydrogen-bond donors (Lipinski definition) is 3. The molecule has 34 heavy (non-hydrogen) atoms. The topological polar surface area (TPSA) is 121 Å². The number of rotatable bonds is 9. The van der Waals surface area contributed by atoms with Crippen molar-refractivity contribution in [1.82, 2.24) is 9.88 Å². The molecule has 1 amide bonds. The number of carboxylic acid groups (broad SMARTS) is 1. The molecule has 0 aliphatic carbocycles. The van der Waals surface area contributed by atoms with Crippen molar-refractivity contribution in [2.45, 2.75) is 25.7 Å². The number of amides is 1. The first kappa shape index (κ1) is 24.4. The van der Waals surface area contributed by atoms with Gasteiger partial charge in [0.15, 0.2) is 0 Å². The fourth-order valence-electron chi connectivity index (χ4n) is 3.81. The van der Waals surface area contributed by atoms with Gasteiger partial charge >= 0.3 is 5.97 Å². The second-order valence-electron chi connectivity index (χ2n) is 8.05. The van der Waals surface area contributed by atoms with Crippen LogP contribution in [0.25, 0.3) is 0 Å². The second kappa shape index (κ2) is 11.1. The Bertz CT molecular complexity index is 1260. The minimum Gasteiger partial charge on any atom is -0.481 e. The zero-order chi connectivity index (χ0) is 24.7. The first-order valence-corrected chi connectivity index (χ1v) is 10.8. The third kappa shape index (κ3) is 5.98. The van der Waals surface area contributed by atoms with Gasteiger partial charge in [0.05, 0.1) is 12.1 Å². The summed E-state index contributed by atoms with van der Waals surface area (Å²) in [5.74, 6) is -1.49. The Labute approximate surface area is 197 Å². The summed E-state index contributed by atoms with van der Waals surface area (Å²) >= 11 is 0. The summed E-state index contributed by atoms with van der Waals surface area (Å²) in [6, 6.07) is 18.1. The van der Waals surface area contributed by atoms with Gasteiger partial charge in [-0.2, -0.15) is 0 Å². The van der Waals surface area contributed by atoms with Crippen molar-refractivity contribution in [2.24, 2.45) is 12.2 Å². The summed E-state index contributed by atoms with van der Waals surface area (Å²) in [6.07, 6.45) is 1.86. The van der Waals surface area contributed by atoms with Crippen LogP contribution in [0.4, 0.5) is 0 Å². The summed E-state index contributed by atoms with van der Waals surface area (Å²) in [5, 5.41) is 24.7. The van der Waals surface area contributed by atoms with E-state index in [4.69, 9.17) is 5.11 Å². The van der Waals surface area contributed by atoms with Crippen molar-refractivity contribution in [2.75, 3.05) is 6.54 Å². The van der Waals surface area contributed by atoms with E-state index in [0.717, 1.165) is 16.7 Å². The van der Waals surface area contributed by atoms with Crippen LogP contribution in [0.2, 0.25) is 0 Å². The number of aryl methyl sites for hydroxylation is 2. The quantitative estimate of drug-likeness (QED) is 0.256. The first-order valence-electron chi connectivity index (χ1n) is 10.8. The summed E-state index contributed by atoms with van der Waals surface area (Å²) in [4.78, 5) is 34.7. The molecule has 2 aromatic carbocycles. The summed E-state index contributed by atoms with van der Waals surface area (Å²) in [5.41, 5.74) is 4.37. The van der Waals surface area contributed by atoms with Gasteiger partial charge in [0.2, 0.25) is 5.56 Å². The Morgan fingerprint density at radius 1 is 1.03 bits per heavy atom. The lowest BCUT2D eigenvalue weighted by molar-refractivity contribution is -0.136. The Hall–Kier alpha value is -4.20. The van der Waals surface area contributed by atoms with Crippen molar-refractivity contribution in [3.63, 3.8) is 0 Å². The van der Waals surface area contributed by atoms with E-state index in [1.165, 1.54) is 10.6 Å². The highest BCUT2D eigenvalue weighted by molar-refractivity contribution is 6.00. The molecular weight excluding hydrogens is 434 g/mol. The van der Waals surface area contributed by atoms with Crippen molar-refractivity contribution in [3.8, 4) is 0 Å². The number of pyridine rings is 1. The van der Waals surface area contributed by atoms with E-state index >= 15 is 0 Å². The van der Waals surface area contributed by atoms with E-state index in [1.54, 1.807) is 31.4 Å². The zero-order valence-corrected chi connectivity index (χ0v) is 19.1. The maximum Gasteiger partial charge on any atom is 0.305 e. The SMILES string of the molecule is Cc1ccccc1C(C/C(=N\O)c1ccc(=O)n(C)c1)c1ccc(C(=O)NCCC(=O)O)cc1. The Morgan fingerprint density at radius 3 is 2.32 bits per heavy atom. The van der Waals surface area contributed by atoms with Crippen molar-refractivity contribution >= 4 is 17.6 Å². The summed E-state index contributed by atoms with van der Waals surface area (Å²) in [6.45, 7) is 2.06. The number of benzene rings is 2. The molecule has 0 aliphatic heterocycles. The zero-order valence-electron chi connectivity index (χ0n) is 19.1. The molecule has 0 fully saturated rings. The molecular formula is C26H27N3O5. The van der Waals surface area contributed by atoms with Gasteiger partial charge in [-0.3, -0.25) is 14.4 Å². The fourth-order valence-corrected chi connectivity index (χ4v) is 3.81. The van der Waals surface area contributed by atoms with Crippen LogP contribution in [0, 0.1) is 6.92 Å². The Kier molecular flexibility index (Phi) is 7.97. The lowest BCUT2D eigenvalue weighted by atomic mass is 9.83. The number of hydrogen-bond acceptors (Lipinski definition) is 5. The molecule has 0 saturated heterocycles. The van der Waals surface area contributed by atoms with Crippen molar-refractivity contribution in [1.29, 1.82) is 0 Å². The fraction of sp³-hybridized carbons (Fsp3) is 0.231. The molecule has 3 rings (SSSR count). The molecule has 8 nitrogen and oxygen atoms in total. The van der Waals surface area contributed by atoms with Crippen LogP contribution in [0.1, 0.15) is 51.4 Å². The lowest BCUT2D eigenvalue weighted by Crippen LogP contribution is -2.26. The number of carboxylic acids is 1. The van der Waals surface area contributed by atoms with E-state index in [9.17, 15) is 19.6 Å². The Balaban J connectivity index is 1.92. The largest absolute Gasteiger partial charge is 0.481 e. The van der Waals surface area contributed by atoms with Crippen LogP contribution in [0.15, 0.2) is 76.8 Å². The number of aliphatic carboxylic acids is 1. The predicted molar refractivity (Wildman–Crippen MR) is 129 cm³/mol. The van der Waals surface area contributed by atoms with Gasteiger partial charge in [0.1, 0.15) is 0 Å². The van der Waals surface area contributed by atoms with E-state index < -0.39 is 5.97 Å². The molecule has 0 saturated carbocycles. The number of carbonyl (C=O) groups excluding carboxylic acids is 1. The molecule has 0 radical (unpaired) electrons. The van der Waals surface area contributed by atoms with Crippen LogP contribution >= 0.6 is 0 Å². The van der Waals surface area contributed by atoms with Crippen LogP contribution in [0.5, 0.6) is 0 Å². The van der Waals surface area contributed by atoms with Crippen LogP contribution in [0.3, 0.4) is 0 Å². The number of nitrogens with one attached hydrogen (secondary N) is 1. The monoisotopic (exact) mass is 461 g/mol. The van der Waals surface area contributed by atoms with Crippen LogP contribution < -0.4 is 10.9 Å². The van der Waals surface area contributed by atoms with E-state index in [1.807, 2.05) is 43.3 Å². The van der Waals surface area contributed by atoms with E-state index in [-0.39, 0.29) is 30.3 Å². The van der Waals surface area contributed by atoms with Gasteiger partial charge in [-0.05, 0) is 41.8 Å². The standard InChI is InChI=1S/C26H27N3O5/c1-17-5-3-4-6-21(17)22(15-23(28-34)20-11-12-24(30)29(2)16-20)18-7-9-19(10-8-18)26(33)27-14-13-25(31)32/h3-12,16,22,34H,13-15H2,1-2H3,(H,27,33)(H,31,32)/b28-23+. The van der Waals surface area contributed by atoms with Gasteiger partial charge in [0, 0.05) is 49.3 Å². The summed E-state index contributed by atoms with van der Waals surface area (Å²) < 4.78 is 1.43. The molecule has 1 atom stereocenters. The summed E-state index contributed by atoms with van der Waals surface area (Å²) in [7, 11) is 1.64. The number of nitrogens with zero attached hydrogens (tertiary/aromatic N) is 2. The van der Waals surface area contributed by atoms with Gasteiger partial charge < -0.3 is 20.2 Å². The molecule has 3 aromatic rings. The predicted octanol–water partition coefficient (Wildman–Crippen LogP) is 3.30. The van der Waals surface area contributed by atoms with E-state index in [2.05, 4.69) is 10.5 Å². The average molecular weight is 462 g/mol. The minimum atomic E-state index is -0.975. The smallest absolute Gasteiger partial charge is 0.305 e. The highest BCUT2D eigenvalue weighted by Crippen LogP contribution is 2.32. The molecule has 1 heterocycles. The van der Waals surface area contributed by atoms with Gasteiger partial charge in [0.25, 0.3) is 5.91 Å². The highest BCUT2D eigenvalue weighted by Gasteiger charge is 2.21.